The fraction of sp³-hybridized carbons (Fsp3) is 0.333. The van der Waals surface area contributed by atoms with Crippen LogP contribution >= 0.6 is 0 Å². The molecule has 1 aromatic carbocycles. The Labute approximate surface area is 118 Å². The largest absolute Gasteiger partial charge is 0.481 e. The minimum Gasteiger partial charge on any atom is -0.481 e. The molecule has 0 saturated heterocycles. The Bertz CT molecular complexity index is 488. The molecule has 5 heteroatoms. The van der Waals surface area contributed by atoms with Crippen LogP contribution in [0.4, 0.5) is 10.5 Å². The second-order valence-electron chi connectivity index (χ2n) is 4.71. The average molecular weight is 276 g/mol. The van der Waals surface area contributed by atoms with Crippen molar-refractivity contribution in [2.24, 2.45) is 0 Å². The number of aliphatic carboxylic acids is 1. The first kappa shape index (κ1) is 15.8. The van der Waals surface area contributed by atoms with E-state index in [1.807, 2.05) is 32.1 Å². The Kier molecular flexibility index (Phi) is 6.29. The van der Waals surface area contributed by atoms with Crippen molar-refractivity contribution in [3.63, 3.8) is 0 Å². The summed E-state index contributed by atoms with van der Waals surface area (Å²) in [4.78, 5) is 22.0. The van der Waals surface area contributed by atoms with E-state index in [2.05, 4.69) is 10.6 Å². The van der Waals surface area contributed by atoms with Gasteiger partial charge in [0, 0.05) is 18.7 Å². The van der Waals surface area contributed by atoms with Gasteiger partial charge in [0.2, 0.25) is 0 Å². The summed E-state index contributed by atoms with van der Waals surface area (Å²) in [6.45, 7) is 4.43. The summed E-state index contributed by atoms with van der Waals surface area (Å²) in [6.07, 6.45) is 2.52. The number of aryl methyl sites for hydroxylation is 1. The van der Waals surface area contributed by atoms with Gasteiger partial charge in [-0.05, 0) is 38.0 Å². The molecule has 3 N–H and O–H groups in total. The fourth-order valence-electron chi connectivity index (χ4n) is 1.53. The lowest BCUT2D eigenvalue weighted by molar-refractivity contribution is -0.136. The summed E-state index contributed by atoms with van der Waals surface area (Å²) in [7, 11) is 0. The number of carboxylic acid groups (broad SMARTS) is 1. The van der Waals surface area contributed by atoms with Crippen LogP contribution in [0.2, 0.25) is 0 Å². The van der Waals surface area contributed by atoms with Crippen LogP contribution in [0.5, 0.6) is 0 Å². The van der Waals surface area contributed by atoms with Crippen LogP contribution < -0.4 is 10.6 Å². The fourth-order valence-corrected chi connectivity index (χ4v) is 1.53. The van der Waals surface area contributed by atoms with E-state index in [9.17, 15) is 9.59 Å². The second kappa shape index (κ2) is 7.99. The monoisotopic (exact) mass is 276 g/mol. The molecule has 0 unspecified atom stereocenters. The van der Waals surface area contributed by atoms with E-state index in [1.165, 1.54) is 0 Å². The van der Waals surface area contributed by atoms with Crippen LogP contribution in [0.3, 0.4) is 0 Å². The van der Waals surface area contributed by atoms with Gasteiger partial charge in [0.05, 0.1) is 0 Å². The van der Waals surface area contributed by atoms with Gasteiger partial charge in [0.15, 0.2) is 0 Å². The van der Waals surface area contributed by atoms with E-state index in [4.69, 9.17) is 5.11 Å². The molecule has 0 atom stereocenters. The molecule has 0 spiro atoms. The number of rotatable bonds is 6. The lowest BCUT2D eigenvalue weighted by Gasteiger charge is -2.07. The molecule has 2 amide bonds. The predicted molar refractivity (Wildman–Crippen MR) is 78.9 cm³/mol. The zero-order chi connectivity index (χ0) is 15.0. The number of urea groups is 1. The van der Waals surface area contributed by atoms with Gasteiger partial charge in [-0.3, -0.25) is 4.79 Å². The first-order chi connectivity index (χ1) is 9.47. The molecule has 5 nitrogen and oxygen atoms in total. The van der Waals surface area contributed by atoms with E-state index in [0.717, 1.165) is 11.1 Å². The molecule has 0 aliphatic carbocycles. The number of anilines is 1. The van der Waals surface area contributed by atoms with Gasteiger partial charge in [0.1, 0.15) is 0 Å². The molecule has 1 aromatic rings. The van der Waals surface area contributed by atoms with Crippen LogP contribution in [0, 0.1) is 0 Å². The van der Waals surface area contributed by atoms with Gasteiger partial charge < -0.3 is 15.7 Å². The highest BCUT2D eigenvalue weighted by Gasteiger charge is 2.02. The van der Waals surface area contributed by atoms with Gasteiger partial charge in [-0.15, -0.1) is 0 Å². The molecule has 0 aliphatic heterocycles. The zero-order valence-corrected chi connectivity index (χ0v) is 11.8. The van der Waals surface area contributed by atoms with E-state index >= 15 is 0 Å². The molecule has 0 aromatic heterocycles. The highest BCUT2D eigenvalue weighted by molar-refractivity contribution is 5.89. The molecule has 108 valence electrons. The Morgan fingerprint density at radius 1 is 1.20 bits per heavy atom. The highest BCUT2D eigenvalue weighted by atomic mass is 16.4. The van der Waals surface area contributed by atoms with Crippen molar-refractivity contribution in [2.45, 2.75) is 26.7 Å². The summed E-state index contributed by atoms with van der Waals surface area (Å²) in [5.74, 6) is -0.814. The number of allylic oxidation sites excluding steroid dienone is 1. The van der Waals surface area contributed by atoms with Crippen LogP contribution in [0.25, 0.3) is 0 Å². The number of hydrogen-bond acceptors (Lipinski definition) is 2. The van der Waals surface area contributed by atoms with Crippen LogP contribution in [-0.4, -0.2) is 23.7 Å². The predicted octanol–water partition coefficient (Wildman–Crippen LogP) is 2.79. The van der Waals surface area contributed by atoms with Crippen molar-refractivity contribution in [3.05, 3.63) is 41.5 Å². The van der Waals surface area contributed by atoms with Crippen molar-refractivity contribution in [1.82, 2.24) is 5.32 Å². The van der Waals surface area contributed by atoms with Crippen LogP contribution in [-0.2, 0) is 11.2 Å². The van der Waals surface area contributed by atoms with Gasteiger partial charge in [-0.2, -0.15) is 0 Å². The SMILES string of the molecule is CC(C)=CCNC(=O)Nc1ccc(CCC(=O)O)cc1. The number of amides is 2. The minimum atomic E-state index is -0.814. The van der Waals surface area contributed by atoms with E-state index in [0.29, 0.717) is 18.7 Å². The number of carbonyl (C=O) groups excluding carboxylic acids is 1. The van der Waals surface area contributed by atoms with Gasteiger partial charge in [-0.25, -0.2) is 4.79 Å². The Hall–Kier alpha value is -2.30. The Morgan fingerprint density at radius 3 is 2.40 bits per heavy atom. The third kappa shape index (κ3) is 6.58. The van der Waals surface area contributed by atoms with E-state index < -0.39 is 5.97 Å². The zero-order valence-electron chi connectivity index (χ0n) is 11.8. The van der Waals surface area contributed by atoms with Gasteiger partial charge in [0.25, 0.3) is 0 Å². The van der Waals surface area contributed by atoms with E-state index in [-0.39, 0.29) is 12.5 Å². The standard InChI is InChI=1S/C15H20N2O3/c1-11(2)9-10-16-15(20)17-13-6-3-12(4-7-13)5-8-14(18)19/h3-4,6-7,9H,5,8,10H2,1-2H3,(H,18,19)(H2,16,17,20). The third-order valence-corrected chi connectivity index (χ3v) is 2.61. The van der Waals surface area contributed by atoms with Crippen LogP contribution in [0.1, 0.15) is 25.8 Å². The van der Waals surface area contributed by atoms with Gasteiger partial charge >= 0.3 is 12.0 Å². The molecular formula is C15H20N2O3. The van der Waals surface area contributed by atoms with Crippen LogP contribution in [0.15, 0.2) is 35.9 Å². The number of carbonyl (C=O) groups is 2. The molecule has 0 fully saturated rings. The topological polar surface area (TPSA) is 78.4 Å². The molecule has 0 saturated carbocycles. The molecular weight excluding hydrogens is 256 g/mol. The molecule has 0 bridgehead atoms. The summed E-state index contributed by atoms with van der Waals surface area (Å²) in [6, 6.07) is 6.89. The first-order valence-electron chi connectivity index (χ1n) is 6.46. The molecule has 20 heavy (non-hydrogen) atoms. The lowest BCUT2D eigenvalue weighted by atomic mass is 10.1. The van der Waals surface area contributed by atoms with Crippen molar-refractivity contribution < 1.29 is 14.7 Å². The number of nitrogens with one attached hydrogen (secondary N) is 2. The summed E-state index contributed by atoms with van der Waals surface area (Å²) < 4.78 is 0. The number of hydrogen-bond donors (Lipinski definition) is 3. The molecule has 0 aliphatic rings. The quantitative estimate of drug-likeness (QED) is 0.699. The maximum absolute atomic E-state index is 11.6. The van der Waals surface area contributed by atoms with Crippen molar-refractivity contribution in [1.29, 1.82) is 0 Å². The van der Waals surface area contributed by atoms with Gasteiger partial charge in [-0.1, -0.05) is 23.8 Å². The van der Waals surface area contributed by atoms with Crippen molar-refractivity contribution in [2.75, 3.05) is 11.9 Å². The first-order valence-corrected chi connectivity index (χ1v) is 6.46. The second-order valence-corrected chi connectivity index (χ2v) is 4.71. The Balaban J connectivity index is 2.42. The number of benzene rings is 1. The summed E-state index contributed by atoms with van der Waals surface area (Å²) in [5, 5.41) is 14.0. The smallest absolute Gasteiger partial charge is 0.319 e. The summed E-state index contributed by atoms with van der Waals surface area (Å²) in [5.41, 5.74) is 2.76. The highest BCUT2D eigenvalue weighted by Crippen LogP contribution is 2.11. The minimum absolute atomic E-state index is 0.107. The normalized spacial score (nSPS) is 9.70. The third-order valence-electron chi connectivity index (χ3n) is 2.61. The van der Waals surface area contributed by atoms with E-state index in [1.54, 1.807) is 12.1 Å². The van der Waals surface area contributed by atoms with Crippen molar-refractivity contribution in [3.8, 4) is 0 Å². The molecule has 0 heterocycles. The maximum atomic E-state index is 11.6. The number of carboxylic acids is 1. The lowest BCUT2D eigenvalue weighted by Crippen LogP contribution is -2.28. The molecule has 1 rings (SSSR count). The maximum Gasteiger partial charge on any atom is 0.319 e. The average Bonchev–Trinajstić information content (AvgIpc) is 2.37. The summed E-state index contributed by atoms with van der Waals surface area (Å²) >= 11 is 0. The molecule has 0 radical (unpaired) electrons. The van der Waals surface area contributed by atoms with Crippen molar-refractivity contribution >= 4 is 17.7 Å². The Morgan fingerprint density at radius 2 is 1.85 bits per heavy atom.